The van der Waals surface area contributed by atoms with Crippen LogP contribution in [-0.4, -0.2) is 53.8 Å². The number of carbonyl (C=O) groups is 4. The second-order valence-electron chi connectivity index (χ2n) is 9.74. The van der Waals surface area contributed by atoms with Crippen molar-refractivity contribution in [1.29, 1.82) is 0 Å². The van der Waals surface area contributed by atoms with Crippen molar-refractivity contribution < 1.29 is 19.2 Å². The number of carbonyl (C=O) groups excluding carboxylic acids is 4. The molecule has 2 fully saturated rings. The van der Waals surface area contributed by atoms with Gasteiger partial charge in [-0.15, -0.1) is 0 Å². The average molecular weight is 471 g/mol. The lowest BCUT2D eigenvalue weighted by Crippen LogP contribution is -2.54. The van der Waals surface area contributed by atoms with Crippen molar-refractivity contribution in [2.24, 2.45) is 17.8 Å². The Morgan fingerprint density at radius 2 is 1.26 bits per heavy atom. The molecule has 8 nitrogen and oxygen atoms in total. The van der Waals surface area contributed by atoms with E-state index in [1.807, 2.05) is 48.4 Å². The first-order chi connectivity index (χ1) is 16.9. The summed E-state index contributed by atoms with van der Waals surface area (Å²) < 4.78 is 0. The molecule has 0 unspecified atom stereocenters. The third-order valence-electron chi connectivity index (χ3n) is 7.70. The lowest BCUT2D eigenvalue weighted by Gasteiger charge is -2.46. The molecule has 0 spiro atoms. The highest BCUT2D eigenvalue weighted by Gasteiger charge is 2.60. The van der Waals surface area contributed by atoms with Crippen molar-refractivity contribution >= 4 is 35.0 Å². The number of benzene rings is 2. The van der Waals surface area contributed by atoms with Gasteiger partial charge in [-0.2, -0.15) is 0 Å². The maximum absolute atomic E-state index is 13.7. The number of allylic oxidation sites excluding steroid dienone is 1. The van der Waals surface area contributed by atoms with Crippen molar-refractivity contribution in [2.45, 2.75) is 25.3 Å². The number of imide groups is 2. The van der Waals surface area contributed by atoms with Crippen LogP contribution in [0.4, 0.5) is 11.4 Å². The predicted octanol–water partition coefficient (Wildman–Crippen LogP) is 2.58. The molecule has 2 aromatic rings. The molecule has 0 radical (unpaired) electrons. The molecule has 35 heavy (non-hydrogen) atoms. The smallest absolute Gasteiger partial charge is 0.258 e. The number of anilines is 2. The fourth-order valence-electron chi connectivity index (χ4n) is 6.29. The summed E-state index contributed by atoms with van der Waals surface area (Å²) in [5.74, 6) is -2.61. The summed E-state index contributed by atoms with van der Waals surface area (Å²) in [7, 11) is 3.69. The number of amides is 4. The van der Waals surface area contributed by atoms with Crippen LogP contribution in [-0.2, 0) is 19.2 Å². The minimum absolute atomic E-state index is 0.184. The first kappa shape index (κ1) is 21.7. The topological polar surface area (TPSA) is 81.2 Å². The highest BCUT2D eigenvalue weighted by Crippen LogP contribution is 2.51. The SMILES string of the molecule is CN(C)N1C2=C(C[C@@H]3C(=O)N(c4ccccc4)C(=O)[C@@H]31)[C@H]1C(=O)N(c3ccccc3)C(=O)[C@H]1CC2. The second kappa shape index (κ2) is 7.88. The molecule has 1 aliphatic carbocycles. The van der Waals surface area contributed by atoms with Gasteiger partial charge in [-0.1, -0.05) is 36.4 Å². The number of hydrogen-bond donors (Lipinski definition) is 0. The summed E-state index contributed by atoms with van der Waals surface area (Å²) in [4.78, 5) is 56.8. The zero-order valence-electron chi connectivity index (χ0n) is 19.6. The third kappa shape index (κ3) is 3.02. The van der Waals surface area contributed by atoms with E-state index >= 15 is 0 Å². The normalized spacial score (nSPS) is 28.1. The van der Waals surface area contributed by atoms with Crippen LogP contribution in [0.2, 0.25) is 0 Å². The molecule has 3 aliphatic heterocycles. The molecule has 6 rings (SSSR count). The minimum atomic E-state index is -0.662. The minimum Gasteiger partial charge on any atom is -0.297 e. The second-order valence-corrected chi connectivity index (χ2v) is 9.74. The van der Waals surface area contributed by atoms with Crippen molar-refractivity contribution in [3.63, 3.8) is 0 Å². The molecule has 178 valence electrons. The van der Waals surface area contributed by atoms with Crippen molar-refractivity contribution in [3.05, 3.63) is 71.9 Å². The van der Waals surface area contributed by atoms with Crippen LogP contribution in [0, 0.1) is 17.8 Å². The van der Waals surface area contributed by atoms with Crippen LogP contribution in [0.15, 0.2) is 71.9 Å². The number of nitrogens with zero attached hydrogens (tertiary/aromatic N) is 4. The maximum atomic E-state index is 13.7. The molecule has 2 aromatic carbocycles. The van der Waals surface area contributed by atoms with Gasteiger partial charge in [-0.25, -0.2) is 14.8 Å². The van der Waals surface area contributed by atoms with E-state index in [0.29, 0.717) is 30.6 Å². The van der Waals surface area contributed by atoms with Crippen molar-refractivity contribution in [3.8, 4) is 0 Å². The number of hydrogen-bond acceptors (Lipinski definition) is 6. The van der Waals surface area contributed by atoms with Gasteiger partial charge >= 0.3 is 0 Å². The Morgan fingerprint density at radius 3 is 1.83 bits per heavy atom. The van der Waals surface area contributed by atoms with E-state index in [0.717, 1.165) is 11.3 Å². The van der Waals surface area contributed by atoms with E-state index in [1.54, 1.807) is 36.4 Å². The van der Waals surface area contributed by atoms with E-state index in [1.165, 1.54) is 9.80 Å². The number of para-hydroxylation sites is 2. The Kier molecular flexibility index (Phi) is 4.89. The molecule has 3 heterocycles. The Labute approximate surface area is 203 Å². The summed E-state index contributed by atoms with van der Waals surface area (Å²) in [5, 5.41) is 3.73. The van der Waals surface area contributed by atoms with Gasteiger partial charge in [0.2, 0.25) is 17.7 Å². The fraction of sp³-hybridized carbons (Fsp3) is 0.333. The van der Waals surface area contributed by atoms with Crippen LogP contribution in [0.5, 0.6) is 0 Å². The van der Waals surface area contributed by atoms with E-state index in [4.69, 9.17) is 0 Å². The maximum Gasteiger partial charge on any atom is 0.258 e. The highest BCUT2D eigenvalue weighted by molar-refractivity contribution is 6.25. The third-order valence-corrected chi connectivity index (χ3v) is 7.70. The molecule has 4 atom stereocenters. The summed E-state index contributed by atoms with van der Waals surface area (Å²) in [5.41, 5.74) is 2.84. The molecule has 0 bridgehead atoms. The van der Waals surface area contributed by atoms with Gasteiger partial charge in [-0.3, -0.25) is 24.2 Å². The molecule has 0 aromatic heterocycles. The molecule has 2 saturated heterocycles. The molecule has 8 heteroatoms. The zero-order valence-corrected chi connectivity index (χ0v) is 19.6. The highest BCUT2D eigenvalue weighted by atomic mass is 16.2. The average Bonchev–Trinajstić information content (AvgIpc) is 3.27. The lowest BCUT2D eigenvalue weighted by atomic mass is 9.72. The largest absolute Gasteiger partial charge is 0.297 e. The van der Waals surface area contributed by atoms with Gasteiger partial charge in [-0.05, 0) is 49.1 Å². The lowest BCUT2D eigenvalue weighted by molar-refractivity contribution is -0.130. The van der Waals surface area contributed by atoms with E-state index in [9.17, 15) is 19.2 Å². The molecule has 0 saturated carbocycles. The number of rotatable bonds is 3. The van der Waals surface area contributed by atoms with Crippen LogP contribution in [0.1, 0.15) is 19.3 Å². The van der Waals surface area contributed by atoms with E-state index in [2.05, 4.69) is 0 Å². The Morgan fingerprint density at radius 1 is 0.714 bits per heavy atom. The van der Waals surface area contributed by atoms with Gasteiger partial charge in [0.25, 0.3) is 5.91 Å². The van der Waals surface area contributed by atoms with Crippen LogP contribution >= 0.6 is 0 Å². The molecular weight excluding hydrogens is 444 g/mol. The van der Waals surface area contributed by atoms with Gasteiger partial charge in [0.1, 0.15) is 6.04 Å². The molecule has 0 N–H and O–H groups in total. The molecule has 4 aliphatic rings. The molecular formula is C27H26N4O4. The fourth-order valence-corrected chi connectivity index (χ4v) is 6.29. The Bertz CT molecular complexity index is 1270. The summed E-state index contributed by atoms with van der Waals surface area (Å²) in [6, 6.07) is 17.3. The Balaban J connectivity index is 1.42. The summed E-state index contributed by atoms with van der Waals surface area (Å²) in [6.45, 7) is 0. The van der Waals surface area contributed by atoms with Crippen molar-refractivity contribution in [1.82, 2.24) is 10.0 Å². The quantitative estimate of drug-likeness (QED) is 0.642. The Hall–Kier alpha value is -3.78. The van der Waals surface area contributed by atoms with E-state index in [-0.39, 0.29) is 23.6 Å². The van der Waals surface area contributed by atoms with Gasteiger partial charge in [0.15, 0.2) is 0 Å². The van der Waals surface area contributed by atoms with Gasteiger partial charge in [0, 0.05) is 19.8 Å². The zero-order chi connectivity index (χ0) is 24.4. The number of hydrazine groups is 1. The van der Waals surface area contributed by atoms with E-state index < -0.39 is 23.8 Å². The monoisotopic (exact) mass is 470 g/mol. The summed E-state index contributed by atoms with van der Waals surface area (Å²) in [6.07, 6.45) is 1.41. The number of fused-ring (bicyclic) bond motifs is 3. The van der Waals surface area contributed by atoms with Crippen LogP contribution in [0.25, 0.3) is 0 Å². The predicted molar refractivity (Wildman–Crippen MR) is 129 cm³/mol. The first-order valence-electron chi connectivity index (χ1n) is 11.9. The van der Waals surface area contributed by atoms with Crippen LogP contribution in [0.3, 0.4) is 0 Å². The standard InChI is InChI=1S/C27H26N4O4/c1-28(2)31-21-14-13-18-22(26(34)29(24(18)32)16-9-5-3-6-10-16)19(21)15-20-23(31)27(35)30(25(20)33)17-11-7-4-8-12-17/h3-12,18,20,22-23H,13-15H2,1-2H3/t18-,20-,22-,23+/m0/s1. The molecule has 4 amide bonds. The van der Waals surface area contributed by atoms with Gasteiger partial charge in [0.05, 0.1) is 29.1 Å². The first-order valence-corrected chi connectivity index (χ1v) is 11.9. The van der Waals surface area contributed by atoms with Gasteiger partial charge < -0.3 is 0 Å². The van der Waals surface area contributed by atoms with Crippen molar-refractivity contribution in [2.75, 3.05) is 23.9 Å². The van der Waals surface area contributed by atoms with Crippen LogP contribution < -0.4 is 9.80 Å². The summed E-state index contributed by atoms with van der Waals surface area (Å²) >= 11 is 0.